The molecule has 0 aliphatic heterocycles. The summed E-state index contributed by atoms with van der Waals surface area (Å²) in [6.07, 6.45) is 4.12. The van der Waals surface area contributed by atoms with Gasteiger partial charge in [0.05, 0.1) is 12.2 Å². The maximum Gasteiger partial charge on any atom is 0.137 e. The Bertz CT molecular complexity index is 581. The van der Waals surface area contributed by atoms with Crippen LogP contribution >= 0.6 is 11.6 Å². The predicted octanol–water partition coefficient (Wildman–Crippen LogP) is 3.32. The van der Waals surface area contributed by atoms with Gasteiger partial charge < -0.3 is 5.32 Å². The van der Waals surface area contributed by atoms with Gasteiger partial charge in [0, 0.05) is 17.7 Å². The first-order valence-corrected chi connectivity index (χ1v) is 6.79. The fraction of sp³-hybridized carbons (Fsp3) is 0.357. The third-order valence-electron chi connectivity index (χ3n) is 3.21. The van der Waals surface area contributed by atoms with Gasteiger partial charge in [0.15, 0.2) is 0 Å². The highest BCUT2D eigenvalue weighted by atomic mass is 35.5. The highest BCUT2D eigenvalue weighted by Crippen LogP contribution is 2.39. The Morgan fingerprint density at radius 1 is 1.32 bits per heavy atom. The van der Waals surface area contributed by atoms with Gasteiger partial charge in [0.25, 0.3) is 0 Å². The van der Waals surface area contributed by atoms with Gasteiger partial charge in [-0.1, -0.05) is 17.7 Å². The summed E-state index contributed by atoms with van der Waals surface area (Å²) in [5.74, 6) is 2.17. The lowest BCUT2D eigenvalue weighted by Crippen LogP contribution is -2.07. The molecule has 2 aromatic heterocycles. The lowest BCUT2D eigenvalue weighted by molar-refractivity contribution is 0.907. The number of nitrogens with one attached hydrogen (secondary N) is 1. The molecule has 1 fully saturated rings. The number of aromatic nitrogens is 3. The fourth-order valence-corrected chi connectivity index (χ4v) is 2.05. The SMILES string of the molecule is Cc1c(Cl)nc(C2CC2)nc1NCc1ccccn1. The molecule has 0 bridgehead atoms. The summed E-state index contributed by atoms with van der Waals surface area (Å²) in [4.78, 5) is 13.2. The van der Waals surface area contributed by atoms with Gasteiger partial charge in [-0.2, -0.15) is 0 Å². The molecule has 1 saturated carbocycles. The molecule has 4 nitrogen and oxygen atoms in total. The summed E-state index contributed by atoms with van der Waals surface area (Å²) < 4.78 is 0. The second kappa shape index (κ2) is 5.13. The molecular weight excluding hydrogens is 260 g/mol. The van der Waals surface area contributed by atoms with E-state index in [4.69, 9.17) is 11.6 Å². The van der Waals surface area contributed by atoms with Crippen LogP contribution in [0.25, 0.3) is 0 Å². The van der Waals surface area contributed by atoms with E-state index in [1.165, 1.54) is 12.8 Å². The zero-order valence-corrected chi connectivity index (χ0v) is 11.5. The topological polar surface area (TPSA) is 50.7 Å². The van der Waals surface area contributed by atoms with Crippen LogP contribution in [0.15, 0.2) is 24.4 Å². The van der Waals surface area contributed by atoms with Gasteiger partial charge >= 0.3 is 0 Å². The zero-order chi connectivity index (χ0) is 13.2. The summed E-state index contributed by atoms with van der Waals surface area (Å²) >= 11 is 6.17. The Hall–Kier alpha value is -1.68. The van der Waals surface area contributed by atoms with Crippen molar-refractivity contribution in [2.45, 2.75) is 32.2 Å². The second-order valence-corrected chi connectivity index (χ2v) is 5.15. The Morgan fingerprint density at radius 2 is 2.16 bits per heavy atom. The van der Waals surface area contributed by atoms with Crippen LogP contribution < -0.4 is 5.32 Å². The molecule has 98 valence electrons. The molecule has 0 aromatic carbocycles. The maximum absolute atomic E-state index is 6.17. The fourth-order valence-electron chi connectivity index (χ4n) is 1.88. The third kappa shape index (κ3) is 2.84. The monoisotopic (exact) mass is 274 g/mol. The average molecular weight is 275 g/mol. The quantitative estimate of drug-likeness (QED) is 0.869. The van der Waals surface area contributed by atoms with E-state index in [9.17, 15) is 0 Å². The lowest BCUT2D eigenvalue weighted by Gasteiger charge is -2.10. The zero-order valence-electron chi connectivity index (χ0n) is 10.7. The smallest absolute Gasteiger partial charge is 0.137 e. The molecule has 2 aromatic rings. The average Bonchev–Trinajstić information content (AvgIpc) is 3.26. The molecule has 0 amide bonds. The van der Waals surface area contributed by atoms with Gasteiger partial charge in [-0.3, -0.25) is 4.98 Å². The molecule has 3 rings (SSSR count). The van der Waals surface area contributed by atoms with E-state index in [0.29, 0.717) is 17.6 Å². The van der Waals surface area contributed by atoms with Crippen LogP contribution in [0, 0.1) is 6.92 Å². The Kier molecular flexibility index (Phi) is 3.34. The van der Waals surface area contributed by atoms with E-state index in [1.807, 2.05) is 25.1 Å². The van der Waals surface area contributed by atoms with Crippen molar-refractivity contribution in [3.63, 3.8) is 0 Å². The number of hydrogen-bond donors (Lipinski definition) is 1. The van der Waals surface area contributed by atoms with E-state index in [0.717, 1.165) is 22.9 Å². The Balaban J connectivity index is 1.79. The third-order valence-corrected chi connectivity index (χ3v) is 3.58. The second-order valence-electron chi connectivity index (χ2n) is 4.80. The van der Waals surface area contributed by atoms with E-state index in [2.05, 4.69) is 20.3 Å². The van der Waals surface area contributed by atoms with Crippen LogP contribution in [0.2, 0.25) is 5.15 Å². The van der Waals surface area contributed by atoms with Crippen LogP contribution in [0.3, 0.4) is 0 Å². The van der Waals surface area contributed by atoms with Crippen LogP contribution in [-0.4, -0.2) is 15.0 Å². The predicted molar refractivity (Wildman–Crippen MR) is 75.3 cm³/mol. The minimum Gasteiger partial charge on any atom is -0.364 e. The molecule has 1 aliphatic carbocycles. The molecule has 19 heavy (non-hydrogen) atoms. The van der Waals surface area contributed by atoms with Gasteiger partial charge in [-0.25, -0.2) is 9.97 Å². The van der Waals surface area contributed by atoms with Crippen molar-refractivity contribution in [1.29, 1.82) is 0 Å². The Labute approximate surface area is 117 Å². The molecule has 0 radical (unpaired) electrons. The molecule has 5 heteroatoms. The van der Waals surface area contributed by atoms with Crippen molar-refractivity contribution in [2.24, 2.45) is 0 Å². The first-order valence-electron chi connectivity index (χ1n) is 6.42. The molecule has 0 unspecified atom stereocenters. The van der Waals surface area contributed by atoms with Gasteiger partial charge in [-0.05, 0) is 31.9 Å². The summed E-state index contributed by atoms with van der Waals surface area (Å²) in [7, 11) is 0. The van der Waals surface area contributed by atoms with Crippen LogP contribution in [0.1, 0.15) is 35.8 Å². The molecule has 1 N–H and O–H groups in total. The largest absolute Gasteiger partial charge is 0.364 e. The molecule has 0 atom stereocenters. The van der Waals surface area contributed by atoms with Crippen molar-refractivity contribution in [3.05, 3.63) is 46.6 Å². The number of anilines is 1. The van der Waals surface area contributed by atoms with Crippen LogP contribution in [-0.2, 0) is 6.54 Å². The Morgan fingerprint density at radius 3 is 2.84 bits per heavy atom. The van der Waals surface area contributed by atoms with Crippen molar-refractivity contribution in [3.8, 4) is 0 Å². The highest BCUT2D eigenvalue weighted by molar-refractivity contribution is 6.30. The van der Waals surface area contributed by atoms with Crippen molar-refractivity contribution < 1.29 is 0 Å². The first kappa shape index (κ1) is 12.4. The number of halogens is 1. The van der Waals surface area contributed by atoms with Crippen molar-refractivity contribution in [2.75, 3.05) is 5.32 Å². The normalized spacial score (nSPS) is 14.4. The molecular formula is C14H15ClN4. The summed E-state index contributed by atoms with van der Waals surface area (Å²) in [5, 5.41) is 3.84. The number of hydrogen-bond acceptors (Lipinski definition) is 4. The number of pyridine rings is 1. The van der Waals surface area contributed by atoms with Gasteiger partial charge in [-0.15, -0.1) is 0 Å². The summed E-state index contributed by atoms with van der Waals surface area (Å²) in [6, 6.07) is 5.86. The van der Waals surface area contributed by atoms with E-state index < -0.39 is 0 Å². The molecule has 2 heterocycles. The molecule has 0 saturated heterocycles. The van der Waals surface area contributed by atoms with E-state index in [-0.39, 0.29) is 0 Å². The summed E-state index contributed by atoms with van der Waals surface area (Å²) in [6.45, 7) is 2.57. The lowest BCUT2D eigenvalue weighted by atomic mass is 10.3. The van der Waals surface area contributed by atoms with Gasteiger partial charge in [0.1, 0.15) is 16.8 Å². The van der Waals surface area contributed by atoms with E-state index in [1.54, 1.807) is 6.20 Å². The minimum atomic E-state index is 0.494. The van der Waals surface area contributed by atoms with Crippen molar-refractivity contribution >= 4 is 17.4 Å². The van der Waals surface area contributed by atoms with Crippen LogP contribution in [0.4, 0.5) is 5.82 Å². The van der Waals surface area contributed by atoms with Crippen LogP contribution in [0.5, 0.6) is 0 Å². The van der Waals surface area contributed by atoms with E-state index >= 15 is 0 Å². The molecule has 1 aliphatic rings. The first-order chi connectivity index (χ1) is 9.24. The highest BCUT2D eigenvalue weighted by Gasteiger charge is 2.27. The minimum absolute atomic E-state index is 0.494. The molecule has 0 spiro atoms. The van der Waals surface area contributed by atoms with Crippen molar-refractivity contribution in [1.82, 2.24) is 15.0 Å². The maximum atomic E-state index is 6.17. The standard InChI is InChI=1S/C14H15ClN4/c1-9-12(15)18-14(10-5-6-10)19-13(9)17-8-11-4-2-3-7-16-11/h2-4,7,10H,5-6,8H2,1H3,(H,17,18,19). The number of rotatable bonds is 4. The summed E-state index contributed by atoms with van der Waals surface area (Å²) in [5.41, 5.74) is 1.87. The van der Waals surface area contributed by atoms with Gasteiger partial charge in [0.2, 0.25) is 0 Å². The number of nitrogens with zero attached hydrogens (tertiary/aromatic N) is 3.